The Morgan fingerprint density at radius 2 is 1.83 bits per heavy atom. The molecule has 0 unspecified atom stereocenters. The van der Waals surface area contributed by atoms with Crippen molar-refractivity contribution in [2.24, 2.45) is 0 Å². The molecule has 35 heavy (non-hydrogen) atoms. The summed E-state index contributed by atoms with van der Waals surface area (Å²) >= 11 is 9.96. The number of hydrogen-bond acceptors (Lipinski definition) is 5. The zero-order chi connectivity index (χ0) is 25.1. The van der Waals surface area contributed by atoms with Crippen LogP contribution in [0.3, 0.4) is 0 Å². The van der Waals surface area contributed by atoms with Gasteiger partial charge in [-0.05, 0) is 54.5 Å². The molecule has 1 heterocycles. The molecule has 0 aromatic heterocycles. The van der Waals surface area contributed by atoms with E-state index in [2.05, 4.69) is 21.2 Å². The largest absolute Gasteiger partial charge is 0.493 e. The van der Waals surface area contributed by atoms with Crippen LogP contribution < -0.4 is 19.7 Å². The first kappa shape index (κ1) is 24.5. The molecule has 3 aromatic carbocycles. The number of nitrogens with zero attached hydrogens (tertiary/aromatic N) is 1. The minimum atomic E-state index is -0.811. The number of nitrogens with one attached hydrogen (secondary N) is 1. The van der Waals surface area contributed by atoms with Gasteiger partial charge in [-0.3, -0.25) is 14.9 Å². The lowest BCUT2D eigenvalue weighted by molar-refractivity contribution is -0.122. The Hall–Kier alpha value is -3.62. The predicted molar refractivity (Wildman–Crippen MR) is 137 cm³/mol. The zero-order valence-corrected chi connectivity index (χ0v) is 21.1. The summed E-state index contributed by atoms with van der Waals surface area (Å²) in [6.07, 6.45) is 1.36. The molecular weight excluding hydrogens is 536 g/mol. The second-order valence-corrected chi connectivity index (χ2v) is 8.97. The van der Waals surface area contributed by atoms with E-state index in [4.69, 9.17) is 21.1 Å². The number of methoxy groups -OCH3 is 1. The van der Waals surface area contributed by atoms with E-state index in [1.807, 2.05) is 37.3 Å². The Morgan fingerprint density at radius 3 is 2.54 bits per heavy atom. The van der Waals surface area contributed by atoms with E-state index in [-0.39, 0.29) is 17.2 Å². The first-order valence-corrected chi connectivity index (χ1v) is 11.7. The Labute approximate surface area is 215 Å². The maximum Gasteiger partial charge on any atom is 0.335 e. The number of ether oxygens (including phenoxy) is 2. The lowest BCUT2D eigenvalue weighted by atomic mass is 10.1. The Bertz CT molecular complexity index is 1370. The van der Waals surface area contributed by atoms with Crippen molar-refractivity contribution in [3.8, 4) is 11.5 Å². The van der Waals surface area contributed by atoms with Gasteiger partial charge in [0.1, 0.15) is 12.2 Å². The number of amides is 4. The molecule has 4 rings (SSSR count). The molecule has 0 aliphatic carbocycles. The molecule has 0 atom stereocenters. The van der Waals surface area contributed by atoms with E-state index in [9.17, 15) is 14.4 Å². The standard InChI is InChI=1S/C26H20BrClN2O5/c1-15-6-5-8-18(10-15)30-25(32)19(24(31)29-26(30)33)11-16-12-21(28)23(22(13-16)34-2)35-14-17-7-3-4-9-20(17)27/h3-13H,14H2,1-2H3,(H,29,31,33)/b19-11+. The van der Waals surface area contributed by atoms with Gasteiger partial charge in [0.25, 0.3) is 11.8 Å². The van der Waals surface area contributed by atoms with Gasteiger partial charge >= 0.3 is 6.03 Å². The molecule has 1 saturated heterocycles. The highest BCUT2D eigenvalue weighted by Crippen LogP contribution is 2.38. The van der Waals surface area contributed by atoms with E-state index in [1.165, 1.54) is 13.2 Å². The number of carbonyl (C=O) groups excluding carboxylic acids is 3. The molecule has 0 spiro atoms. The summed E-state index contributed by atoms with van der Waals surface area (Å²) in [5.41, 5.74) is 2.35. The number of urea groups is 1. The zero-order valence-electron chi connectivity index (χ0n) is 18.8. The number of carbonyl (C=O) groups is 3. The van der Waals surface area contributed by atoms with Gasteiger partial charge in [-0.25, -0.2) is 9.69 Å². The highest BCUT2D eigenvalue weighted by molar-refractivity contribution is 9.10. The maximum atomic E-state index is 13.1. The summed E-state index contributed by atoms with van der Waals surface area (Å²) < 4.78 is 12.2. The van der Waals surface area contributed by atoms with Crippen LogP contribution in [0.1, 0.15) is 16.7 Å². The SMILES string of the molecule is COc1cc(/C=C2\C(=O)NC(=O)N(c3cccc(C)c3)C2=O)cc(Cl)c1OCc1ccccc1Br. The van der Waals surface area contributed by atoms with E-state index in [1.54, 1.807) is 30.3 Å². The van der Waals surface area contributed by atoms with Crippen LogP contribution in [0.25, 0.3) is 6.08 Å². The molecule has 1 fully saturated rings. The molecule has 1 aliphatic heterocycles. The second kappa shape index (κ2) is 10.3. The van der Waals surface area contributed by atoms with E-state index < -0.39 is 17.8 Å². The number of hydrogen-bond donors (Lipinski definition) is 1. The van der Waals surface area contributed by atoms with Crippen molar-refractivity contribution >= 4 is 57.1 Å². The Balaban J connectivity index is 1.65. The summed E-state index contributed by atoms with van der Waals surface area (Å²) in [6.45, 7) is 2.08. The monoisotopic (exact) mass is 554 g/mol. The number of anilines is 1. The van der Waals surface area contributed by atoms with Crippen LogP contribution in [0, 0.1) is 6.92 Å². The van der Waals surface area contributed by atoms with E-state index in [0.717, 1.165) is 20.5 Å². The minimum Gasteiger partial charge on any atom is -0.493 e. The van der Waals surface area contributed by atoms with Crippen LogP contribution in [0.5, 0.6) is 11.5 Å². The molecule has 0 saturated carbocycles. The van der Waals surface area contributed by atoms with Gasteiger partial charge in [-0.15, -0.1) is 0 Å². The molecule has 9 heteroatoms. The lowest BCUT2D eigenvalue weighted by Crippen LogP contribution is -2.54. The maximum absolute atomic E-state index is 13.1. The third-order valence-corrected chi connectivity index (χ3v) is 6.31. The van der Waals surface area contributed by atoms with Crippen molar-refractivity contribution in [3.63, 3.8) is 0 Å². The second-order valence-electron chi connectivity index (χ2n) is 7.71. The molecule has 4 amide bonds. The first-order chi connectivity index (χ1) is 16.8. The first-order valence-electron chi connectivity index (χ1n) is 10.5. The lowest BCUT2D eigenvalue weighted by Gasteiger charge is -2.26. The van der Waals surface area contributed by atoms with Gasteiger partial charge in [-0.1, -0.05) is 57.9 Å². The topological polar surface area (TPSA) is 84.9 Å². The summed E-state index contributed by atoms with van der Waals surface area (Å²) in [5.74, 6) is -0.892. The average Bonchev–Trinajstić information content (AvgIpc) is 2.81. The highest BCUT2D eigenvalue weighted by atomic mass is 79.9. The Kier molecular flexibility index (Phi) is 7.23. The minimum absolute atomic E-state index is 0.217. The highest BCUT2D eigenvalue weighted by Gasteiger charge is 2.36. The number of halogens is 2. The molecule has 0 radical (unpaired) electrons. The van der Waals surface area contributed by atoms with Crippen molar-refractivity contribution in [3.05, 3.63) is 92.4 Å². The van der Waals surface area contributed by atoms with Crippen molar-refractivity contribution in [1.82, 2.24) is 5.32 Å². The van der Waals surface area contributed by atoms with Gasteiger partial charge in [0.2, 0.25) is 0 Å². The molecule has 7 nitrogen and oxygen atoms in total. The normalized spacial score (nSPS) is 14.8. The fourth-order valence-corrected chi connectivity index (χ4v) is 4.23. The fraction of sp³-hybridized carbons (Fsp3) is 0.115. The van der Waals surface area contributed by atoms with Gasteiger partial charge < -0.3 is 9.47 Å². The fourth-order valence-electron chi connectivity index (χ4n) is 3.55. The number of imide groups is 2. The molecule has 1 aliphatic rings. The van der Waals surface area contributed by atoms with Crippen LogP contribution >= 0.6 is 27.5 Å². The summed E-state index contributed by atoms with van der Waals surface area (Å²) in [7, 11) is 1.46. The van der Waals surface area contributed by atoms with Gasteiger partial charge in [-0.2, -0.15) is 0 Å². The Morgan fingerprint density at radius 1 is 1.06 bits per heavy atom. The van der Waals surface area contributed by atoms with Gasteiger partial charge in [0.05, 0.1) is 17.8 Å². The number of benzene rings is 3. The van der Waals surface area contributed by atoms with Gasteiger partial charge in [0, 0.05) is 10.0 Å². The van der Waals surface area contributed by atoms with Crippen molar-refractivity contribution in [1.29, 1.82) is 0 Å². The molecular formula is C26H20BrClN2O5. The third kappa shape index (κ3) is 5.23. The van der Waals surface area contributed by atoms with Gasteiger partial charge in [0.15, 0.2) is 11.5 Å². The summed E-state index contributed by atoms with van der Waals surface area (Å²) in [6, 6.07) is 16.8. The van der Waals surface area contributed by atoms with E-state index in [0.29, 0.717) is 22.7 Å². The third-order valence-electron chi connectivity index (χ3n) is 5.25. The van der Waals surface area contributed by atoms with Crippen LogP contribution in [-0.2, 0) is 16.2 Å². The molecule has 178 valence electrons. The van der Waals surface area contributed by atoms with Crippen LogP contribution in [0.4, 0.5) is 10.5 Å². The summed E-state index contributed by atoms with van der Waals surface area (Å²) in [5, 5.41) is 2.45. The molecule has 3 aromatic rings. The molecule has 1 N–H and O–H groups in total. The van der Waals surface area contributed by atoms with Crippen molar-refractivity contribution < 1.29 is 23.9 Å². The van der Waals surface area contributed by atoms with Crippen LogP contribution in [-0.4, -0.2) is 25.0 Å². The number of rotatable bonds is 6. The van der Waals surface area contributed by atoms with Crippen LogP contribution in [0.15, 0.2) is 70.7 Å². The predicted octanol–water partition coefficient (Wildman–Crippen LogP) is 5.66. The smallest absolute Gasteiger partial charge is 0.335 e. The van der Waals surface area contributed by atoms with E-state index >= 15 is 0 Å². The quantitative estimate of drug-likeness (QED) is 0.313. The number of aryl methyl sites for hydroxylation is 1. The molecule has 0 bridgehead atoms. The average molecular weight is 556 g/mol. The number of barbiturate groups is 1. The van der Waals surface area contributed by atoms with Crippen molar-refractivity contribution in [2.45, 2.75) is 13.5 Å². The summed E-state index contributed by atoms with van der Waals surface area (Å²) in [4.78, 5) is 39.0. The van der Waals surface area contributed by atoms with Crippen LogP contribution in [0.2, 0.25) is 5.02 Å². The van der Waals surface area contributed by atoms with Crippen molar-refractivity contribution in [2.75, 3.05) is 12.0 Å².